The van der Waals surface area contributed by atoms with E-state index in [1.54, 1.807) is 0 Å². The Hall–Kier alpha value is -0.860. The molecule has 0 heterocycles. The first kappa shape index (κ1) is 15.5. The first-order chi connectivity index (χ1) is 9.50. The molecule has 0 amide bonds. The predicted molar refractivity (Wildman–Crippen MR) is 84.8 cm³/mol. The van der Waals surface area contributed by atoms with Crippen LogP contribution in [0.3, 0.4) is 0 Å². The van der Waals surface area contributed by atoms with Gasteiger partial charge in [-0.25, -0.2) is 0 Å². The van der Waals surface area contributed by atoms with Gasteiger partial charge in [-0.1, -0.05) is 38.1 Å². The van der Waals surface area contributed by atoms with Crippen LogP contribution in [0.4, 0.5) is 0 Å². The quantitative estimate of drug-likeness (QED) is 0.845. The molecule has 1 aliphatic carbocycles. The van der Waals surface area contributed by atoms with Crippen molar-refractivity contribution in [3.05, 3.63) is 35.4 Å². The molecule has 1 aliphatic rings. The molecular weight excluding hydrogens is 246 g/mol. The zero-order valence-corrected chi connectivity index (χ0v) is 13.3. The molecule has 0 spiro atoms. The summed E-state index contributed by atoms with van der Waals surface area (Å²) >= 11 is 0. The molecule has 2 nitrogen and oxygen atoms in total. The fourth-order valence-electron chi connectivity index (χ4n) is 3.52. The third-order valence-electron chi connectivity index (χ3n) is 4.72. The monoisotopic (exact) mass is 275 g/mol. The van der Waals surface area contributed by atoms with Gasteiger partial charge in [0.25, 0.3) is 0 Å². The Morgan fingerprint density at radius 3 is 2.65 bits per heavy atom. The number of rotatable bonds is 4. The Morgan fingerprint density at radius 1 is 1.25 bits per heavy atom. The Morgan fingerprint density at radius 2 is 1.95 bits per heavy atom. The van der Waals surface area contributed by atoms with Crippen LogP contribution in [0.25, 0.3) is 0 Å². The number of likely N-dealkylation sites (N-methyl/N-ethyl adjacent to an activating group) is 1. The molecule has 1 aromatic rings. The minimum Gasteiger partial charge on any atom is -0.387 e. The summed E-state index contributed by atoms with van der Waals surface area (Å²) in [6.45, 7) is 6.82. The van der Waals surface area contributed by atoms with Gasteiger partial charge in [-0.05, 0) is 56.7 Å². The SMILES string of the molecule is CC(C)CC(C)N(C)C1CCCc2ccccc2C1O. The van der Waals surface area contributed by atoms with Gasteiger partial charge >= 0.3 is 0 Å². The molecule has 0 saturated carbocycles. The number of fused-ring (bicyclic) bond motifs is 1. The van der Waals surface area contributed by atoms with Crippen LogP contribution in [-0.2, 0) is 6.42 Å². The van der Waals surface area contributed by atoms with Crippen molar-refractivity contribution in [3.8, 4) is 0 Å². The molecule has 3 unspecified atom stereocenters. The zero-order valence-electron chi connectivity index (χ0n) is 13.3. The molecule has 2 heteroatoms. The second-order valence-electron chi connectivity index (χ2n) is 6.75. The van der Waals surface area contributed by atoms with Crippen molar-refractivity contribution in [2.75, 3.05) is 7.05 Å². The number of aliphatic hydroxyl groups is 1. The van der Waals surface area contributed by atoms with Gasteiger partial charge in [-0.15, -0.1) is 0 Å². The van der Waals surface area contributed by atoms with Gasteiger partial charge in [0.15, 0.2) is 0 Å². The fourth-order valence-corrected chi connectivity index (χ4v) is 3.52. The smallest absolute Gasteiger partial charge is 0.0947 e. The standard InChI is InChI=1S/C18H29NO/c1-13(2)12-14(3)19(4)17-11-7-9-15-8-5-6-10-16(15)18(17)20/h5-6,8,10,13-14,17-18,20H,7,9,11-12H2,1-4H3. The molecule has 20 heavy (non-hydrogen) atoms. The summed E-state index contributed by atoms with van der Waals surface area (Å²) in [7, 11) is 2.18. The average molecular weight is 275 g/mol. The van der Waals surface area contributed by atoms with Gasteiger partial charge in [0.05, 0.1) is 6.10 Å². The minimum absolute atomic E-state index is 0.243. The van der Waals surface area contributed by atoms with Crippen molar-refractivity contribution in [2.45, 2.75) is 64.6 Å². The van der Waals surface area contributed by atoms with Crippen molar-refractivity contribution in [1.82, 2.24) is 4.90 Å². The fraction of sp³-hybridized carbons (Fsp3) is 0.667. The molecule has 3 atom stereocenters. The van der Waals surface area contributed by atoms with Crippen LogP contribution in [0.5, 0.6) is 0 Å². The number of nitrogens with zero attached hydrogens (tertiary/aromatic N) is 1. The summed E-state index contributed by atoms with van der Waals surface area (Å²) < 4.78 is 0. The van der Waals surface area contributed by atoms with E-state index in [4.69, 9.17) is 0 Å². The van der Waals surface area contributed by atoms with E-state index in [0.717, 1.165) is 24.8 Å². The molecule has 0 aliphatic heterocycles. The van der Waals surface area contributed by atoms with Crippen LogP contribution in [0.1, 0.15) is 57.3 Å². The van der Waals surface area contributed by atoms with E-state index >= 15 is 0 Å². The molecule has 112 valence electrons. The van der Waals surface area contributed by atoms with Crippen LogP contribution < -0.4 is 0 Å². The number of hydrogen-bond acceptors (Lipinski definition) is 2. The van der Waals surface area contributed by atoms with E-state index in [1.807, 2.05) is 6.07 Å². The van der Waals surface area contributed by atoms with Gasteiger partial charge in [-0.3, -0.25) is 4.90 Å². The van der Waals surface area contributed by atoms with Crippen molar-refractivity contribution < 1.29 is 5.11 Å². The molecule has 1 N–H and O–H groups in total. The van der Waals surface area contributed by atoms with E-state index in [2.05, 4.69) is 50.9 Å². The maximum absolute atomic E-state index is 10.8. The highest BCUT2D eigenvalue weighted by Gasteiger charge is 2.30. The van der Waals surface area contributed by atoms with Gasteiger partial charge in [0.1, 0.15) is 0 Å². The first-order valence-corrected chi connectivity index (χ1v) is 7.98. The molecule has 0 fully saturated rings. The lowest BCUT2D eigenvalue weighted by molar-refractivity contribution is 0.0353. The number of benzene rings is 1. The van der Waals surface area contributed by atoms with Gasteiger partial charge in [0.2, 0.25) is 0 Å². The Kier molecular flexibility index (Phi) is 5.22. The molecule has 0 saturated heterocycles. The van der Waals surface area contributed by atoms with Crippen LogP contribution in [-0.4, -0.2) is 29.1 Å². The molecule has 2 rings (SSSR count). The second-order valence-corrected chi connectivity index (χ2v) is 6.75. The Bertz CT molecular complexity index is 429. The zero-order chi connectivity index (χ0) is 14.7. The Labute approximate surface area is 123 Å². The third kappa shape index (κ3) is 3.42. The minimum atomic E-state index is -0.353. The highest BCUT2D eigenvalue weighted by molar-refractivity contribution is 5.31. The lowest BCUT2D eigenvalue weighted by Crippen LogP contribution is -2.42. The van der Waals surface area contributed by atoms with Gasteiger partial charge < -0.3 is 5.11 Å². The topological polar surface area (TPSA) is 23.5 Å². The van der Waals surface area contributed by atoms with Crippen LogP contribution in [0, 0.1) is 5.92 Å². The summed E-state index contributed by atoms with van der Waals surface area (Å²) in [6, 6.07) is 9.14. The van der Waals surface area contributed by atoms with E-state index < -0.39 is 0 Å². The third-order valence-corrected chi connectivity index (χ3v) is 4.72. The van der Waals surface area contributed by atoms with Gasteiger partial charge in [0, 0.05) is 12.1 Å². The molecule has 1 aromatic carbocycles. The Balaban J connectivity index is 2.16. The molecule has 0 aromatic heterocycles. The van der Waals surface area contributed by atoms with E-state index in [1.165, 1.54) is 12.0 Å². The normalized spacial score (nSPS) is 24.6. The maximum atomic E-state index is 10.8. The molecular formula is C18H29NO. The largest absolute Gasteiger partial charge is 0.387 e. The summed E-state index contributed by atoms with van der Waals surface area (Å²) in [4.78, 5) is 2.40. The summed E-state index contributed by atoms with van der Waals surface area (Å²) in [5.41, 5.74) is 2.46. The predicted octanol–water partition coefficient (Wildman–Crippen LogP) is 3.79. The molecule has 0 bridgehead atoms. The van der Waals surface area contributed by atoms with Crippen LogP contribution >= 0.6 is 0 Å². The van der Waals surface area contributed by atoms with E-state index in [9.17, 15) is 5.11 Å². The number of aliphatic hydroxyl groups excluding tert-OH is 1. The van der Waals surface area contributed by atoms with Crippen molar-refractivity contribution in [3.63, 3.8) is 0 Å². The second kappa shape index (κ2) is 6.73. The van der Waals surface area contributed by atoms with Crippen molar-refractivity contribution in [2.24, 2.45) is 5.92 Å². The van der Waals surface area contributed by atoms with E-state index in [0.29, 0.717) is 12.0 Å². The van der Waals surface area contributed by atoms with Crippen molar-refractivity contribution in [1.29, 1.82) is 0 Å². The van der Waals surface area contributed by atoms with Crippen LogP contribution in [0.2, 0.25) is 0 Å². The van der Waals surface area contributed by atoms with Gasteiger partial charge in [-0.2, -0.15) is 0 Å². The summed E-state index contributed by atoms with van der Waals surface area (Å²) in [5.74, 6) is 0.697. The molecule has 0 radical (unpaired) electrons. The lowest BCUT2D eigenvalue weighted by Gasteiger charge is -2.36. The average Bonchev–Trinajstić information content (AvgIpc) is 2.57. The van der Waals surface area contributed by atoms with Crippen LogP contribution in [0.15, 0.2) is 24.3 Å². The highest BCUT2D eigenvalue weighted by atomic mass is 16.3. The summed E-state index contributed by atoms with van der Waals surface area (Å²) in [6.07, 6.45) is 4.16. The first-order valence-electron chi connectivity index (χ1n) is 7.98. The number of aryl methyl sites for hydroxylation is 1. The van der Waals surface area contributed by atoms with Crippen molar-refractivity contribution >= 4 is 0 Å². The summed E-state index contributed by atoms with van der Waals surface area (Å²) in [5, 5.41) is 10.8. The number of hydrogen-bond donors (Lipinski definition) is 1. The lowest BCUT2D eigenvalue weighted by atomic mass is 9.95. The van der Waals surface area contributed by atoms with E-state index in [-0.39, 0.29) is 12.1 Å². The maximum Gasteiger partial charge on any atom is 0.0947 e. The highest BCUT2D eigenvalue weighted by Crippen LogP contribution is 2.32.